The van der Waals surface area contributed by atoms with Crippen LogP contribution in [0.4, 0.5) is 5.82 Å². The number of anilines is 1. The summed E-state index contributed by atoms with van der Waals surface area (Å²) in [5, 5.41) is 0. The highest BCUT2D eigenvalue weighted by molar-refractivity contribution is 5.80. The summed E-state index contributed by atoms with van der Waals surface area (Å²) in [4.78, 5) is 25.8. The van der Waals surface area contributed by atoms with Crippen LogP contribution in [0, 0.1) is 17.8 Å². The number of carbonyl (C=O) groups excluding carboxylic acids is 1. The van der Waals surface area contributed by atoms with E-state index in [4.69, 9.17) is 9.47 Å². The molecule has 1 amide bonds. The van der Waals surface area contributed by atoms with E-state index in [0.29, 0.717) is 19.1 Å². The molecule has 0 N–H and O–H groups in total. The van der Waals surface area contributed by atoms with Gasteiger partial charge in [-0.1, -0.05) is 0 Å². The van der Waals surface area contributed by atoms with Gasteiger partial charge in [-0.2, -0.15) is 0 Å². The zero-order chi connectivity index (χ0) is 17.6. The number of likely N-dealkylation sites (tertiary alicyclic amines) is 1. The van der Waals surface area contributed by atoms with Gasteiger partial charge in [0, 0.05) is 65.3 Å². The Morgan fingerprint density at radius 1 is 1.16 bits per heavy atom. The molecule has 3 heterocycles. The maximum Gasteiger partial charge on any atom is 0.227 e. The van der Waals surface area contributed by atoms with Gasteiger partial charge < -0.3 is 19.3 Å². The van der Waals surface area contributed by atoms with Gasteiger partial charge in [-0.15, -0.1) is 0 Å². The first-order valence-corrected chi connectivity index (χ1v) is 9.00. The average molecular weight is 348 g/mol. The van der Waals surface area contributed by atoms with Crippen molar-refractivity contribution < 1.29 is 14.3 Å². The van der Waals surface area contributed by atoms with Gasteiger partial charge in [-0.3, -0.25) is 9.78 Å². The highest BCUT2D eigenvalue weighted by atomic mass is 16.5. The summed E-state index contributed by atoms with van der Waals surface area (Å²) in [6, 6.07) is 0. The second-order valence-electron chi connectivity index (χ2n) is 7.01. The number of ether oxygens (including phenoxy) is 2. The topological polar surface area (TPSA) is 67.8 Å². The third kappa shape index (κ3) is 4.27. The summed E-state index contributed by atoms with van der Waals surface area (Å²) in [5.41, 5.74) is 0. The molecule has 2 fully saturated rings. The molecule has 0 aliphatic carbocycles. The molecule has 0 unspecified atom stereocenters. The Kier molecular flexibility index (Phi) is 6.20. The first kappa shape index (κ1) is 18.1. The van der Waals surface area contributed by atoms with Crippen LogP contribution in [0.25, 0.3) is 0 Å². The number of amides is 1. The number of piperidine rings is 1. The van der Waals surface area contributed by atoms with E-state index in [0.717, 1.165) is 44.9 Å². The van der Waals surface area contributed by atoms with E-state index in [2.05, 4.69) is 14.9 Å². The average Bonchev–Trinajstić information content (AvgIpc) is 3.07. The van der Waals surface area contributed by atoms with Crippen molar-refractivity contribution in [2.45, 2.75) is 12.8 Å². The molecule has 0 radical (unpaired) electrons. The number of carbonyl (C=O) groups is 1. The van der Waals surface area contributed by atoms with Gasteiger partial charge in [0.15, 0.2) is 0 Å². The normalized spacial score (nSPS) is 24.7. The van der Waals surface area contributed by atoms with Crippen molar-refractivity contribution >= 4 is 11.7 Å². The van der Waals surface area contributed by atoms with Gasteiger partial charge in [0.05, 0.1) is 18.7 Å². The maximum absolute atomic E-state index is 13.1. The molecule has 0 spiro atoms. The Hall–Kier alpha value is -1.73. The molecular weight excluding hydrogens is 320 g/mol. The van der Waals surface area contributed by atoms with Crippen LogP contribution < -0.4 is 4.90 Å². The fourth-order valence-corrected chi connectivity index (χ4v) is 3.97. The Labute approximate surface area is 149 Å². The quantitative estimate of drug-likeness (QED) is 0.766. The van der Waals surface area contributed by atoms with Crippen molar-refractivity contribution in [3.05, 3.63) is 18.6 Å². The third-order valence-corrected chi connectivity index (χ3v) is 5.34. The zero-order valence-corrected chi connectivity index (χ0v) is 15.1. The summed E-state index contributed by atoms with van der Waals surface area (Å²) >= 11 is 0. The van der Waals surface area contributed by atoms with E-state index < -0.39 is 0 Å². The molecule has 1 aromatic heterocycles. The summed E-state index contributed by atoms with van der Waals surface area (Å²) in [6.45, 7) is 4.50. The van der Waals surface area contributed by atoms with E-state index in [1.165, 1.54) is 0 Å². The molecule has 7 heteroatoms. The molecule has 0 saturated carbocycles. The summed E-state index contributed by atoms with van der Waals surface area (Å²) in [7, 11) is 3.44. The summed E-state index contributed by atoms with van der Waals surface area (Å²) in [5.74, 6) is 1.81. The van der Waals surface area contributed by atoms with Crippen molar-refractivity contribution in [2.75, 3.05) is 58.5 Å². The monoisotopic (exact) mass is 348 g/mol. The van der Waals surface area contributed by atoms with Crippen molar-refractivity contribution in [3.8, 4) is 0 Å². The predicted molar refractivity (Wildman–Crippen MR) is 94.3 cm³/mol. The smallest absolute Gasteiger partial charge is 0.227 e. The van der Waals surface area contributed by atoms with Gasteiger partial charge in [0.25, 0.3) is 0 Å². The van der Waals surface area contributed by atoms with Crippen LogP contribution >= 0.6 is 0 Å². The Morgan fingerprint density at radius 3 is 2.56 bits per heavy atom. The Morgan fingerprint density at radius 2 is 1.92 bits per heavy atom. The minimum absolute atomic E-state index is 0.0408. The van der Waals surface area contributed by atoms with E-state index in [-0.39, 0.29) is 17.7 Å². The van der Waals surface area contributed by atoms with Crippen LogP contribution in [-0.4, -0.2) is 74.4 Å². The van der Waals surface area contributed by atoms with Gasteiger partial charge in [-0.05, 0) is 18.8 Å². The number of aromatic nitrogens is 2. The van der Waals surface area contributed by atoms with E-state index in [1.807, 2.05) is 4.90 Å². The highest BCUT2D eigenvalue weighted by Crippen LogP contribution is 2.30. The molecule has 25 heavy (non-hydrogen) atoms. The van der Waals surface area contributed by atoms with Crippen molar-refractivity contribution in [2.24, 2.45) is 17.8 Å². The fraction of sp³-hybridized carbons (Fsp3) is 0.722. The Balaban J connectivity index is 1.64. The van der Waals surface area contributed by atoms with Crippen LogP contribution in [0.5, 0.6) is 0 Å². The molecule has 3 rings (SSSR count). The van der Waals surface area contributed by atoms with Crippen molar-refractivity contribution in [1.29, 1.82) is 0 Å². The molecule has 2 aliphatic rings. The van der Waals surface area contributed by atoms with Gasteiger partial charge in [-0.25, -0.2) is 4.98 Å². The number of hydrogen-bond donors (Lipinski definition) is 0. The van der Waals surface area contributed by atoms with Crippen molar-refractivity contribution in [1.82, 2.24) is 14.9 Å². The van der Waals surface area contributed by atoms with Gasteiger partial charge >= 0.3 is 0 Å². The van der Waals surface area contributed by atoms with Crippen LogP contribution in [0.1, 0.15) is 12.8 Å². The van der Waals surface area contributed by atoms with E-state index in [9.17, 15) is 4.79 Å². The second-order valence-corrected chi connectivity index (χ2v) is 7.01. The van der Waals surface area contributed by atoms with E-state index >= 15 is 0 Å². The molecule has 7 nitrogen and oxygen atoms in total. The molecule has 0 bridgehead atoms. The second kappa shape index (κ2) is 8.58. The standard InChI is InChI=1S/C18H28N4O3/c1-24-12-14-3-7-21(8-4-14)18(23)16-11-22(10-15(16)13-25-2)17-9-19-5-6-20-17/h5-6,9,14-16H,3-4,7-8,10-13H2,1-2H3/t15-,16+/m0/s1. The minimum Gasteiger partial charge on any atom is -0.384 e. The third-order valence-electron chi connectivity index (χ3n) is 5.34. The van der Waals surface area contributed by atoms with Crippen LogP contribution in [0.3, 0.4) is 0 Å². The Bertz CT molecular complexity index is 549. The lowest BCUT2D eigenvalue weighted by molar-refractivity contribution is -0.138. The maximum atomic E-state index is 13.1. The number of methoxy groups -OCH3 is 2. The van der Waals surface area contributed by atoms with Crippen LogP contribution in [-0.2, 0) is 14.3 Å². The highest BCUT2D eigenvalue weighted by Gasteiger charge is 2.40. The predicted octanol–water partition coefficient (Wildman–Crippen LogP) is 1.06. The molecule has 0 aromatic carbocycles. The van der Waals surface area contributed by atoms with Crippen LogP contribution in [0.15, 0.2) is 18.6 Å². The molecule has 138 valence electrons. The molecule has 2 aliphatic heterocycles. The molecular formula is C18H28N4O3. The largest absolute Gasteiger partial charge is 0.384 e. The van der Waals surface area contributed by atoms with E-state index in [1.54, 1.807) is 32.8 Å². The number of hydrogen-bond acceptors (Lipinski definition) is 6. The number of rotatable bonds is 6. The lowest BCUT2D eigenvalue weighted by Gasteiger charge is -2.34. The summed E-state index contributed by atoms with van der Waals surface area (Å²) < 4.78 is 10.6. The SMILES string of the molecule is COCC1CCN(C(=O)[C@@H]2CN(c3cnccn3)C[C@H]2COC)CC1. The fourth-order valence-electron chi connectivity index (χ4n) is 3.97. The minimum atomic E-state index is -0.0408. The molecule has 1 aromatic rings. The first-order valence-electron chi connectivity index (χ1n) is 9.00. The van der Waals surface area contributed by atoms with Gasteiger partial charge in [0.2, 0.25) is 5.91 Å². The molecule has 2 saturated heterocycles. The van der Waals surface area contributed by atoms with Gasteiger partial charge in [0.1, 0.15) is 5.82 Å². The number of nitrogens with zero attached hydrogens (tertiary/aromatic N) is 4. The lowest BCUT2D eigenvalue weighted by Crippen LogP contribution is -2.44. The van der Waals surface area contributed by atoms with Crippen molar-refractivity contribution in [3.63, 3.8) is 0 Å². The zero-order valence-electron chi connectivity index (χ0n) is 15.1. The summed E-state index contributed by atoms with van der Waals surface area (Å²) in [6.07, 6.45) is 7.16. The first-order chi connectivity index (χ1) is 12.2. The van der Waals surface area contributed by atoms with Crippen LogP contribution in [0.2, 0.25) is 0 Å². The molecule has 2 atom stereocenters. The lowest BCUT2D eigenvalue weighted by atomic mass is 9.92.